The molecular weight excluding hydrogens is 312 g/mol. The summed E-state index contributed by atoms with van der Waals surface area (Å²) in [6.07, 6.45) is 6.30. The molecule has 0 unspecified atom stereocenters. The first-order valence-corrected chi connectivity index (χ1v) is 7.41. The molecule has 0 saturated heterocycles. The van der Waals surface area contributed by atoms with E-state index in [0.717, 1.165) is 5.69 Å². The summed E-state index contributed by atoms with van der Waals surface area (Å²) in [6, 6.07) is 3.12. The van der Waals surface area contributed by atoms with Crippen molar-refractivity contribution >= 4 is 5.97 Å². The molecule has 0 fully saturated rings. The maximum atomic E-state index is 12.2. The first-order chi connectivity index (χ1) is 11.7. The molecule has 0 saturated carbocycles. The van der Waals surface area contributed by atoms with Crippen LogP contribution < -0.4 is 14.2 Å². The fourth-order valence-corrected chi connectivity index (χ4v) is 2.16. The van der Waals surface area contributed by atoms with Gasteiger partial charge in [0.25, 0.3) is 0 Å². The number of methoxy groups -OCH3 is 3. The lowest BCUT2D eigenvalue weighted by atomic mass is 10.2. The van der Waals surface area contributed by atoms with Crippen molar-refractivity contribution in [3.8, 4) is 17.2 Å². The van der Waals surface area contributed by atoms with Crippen LogP contribution in [0.1, 0.15) is 22.5 Å². The van der Waals surface area contributed by atoms with Crippen LogP contribution in [0, 0.1) is 0 Å². The van der Waals surface area contributed by atoms with Gasteiger partial charge < -0.3 is 18.9 Å². The van der Waals surface area contributed by atoms with E-state index in [0.29, 0.717) is 35.7 Å². The number of aromatic nitrogens is 2. The molecule has 128 valence electrons. The minimum absolute atomic E-state index is 0.284. The molecule has 7 heteroatoms. The minimum atomic E-state index is -0.451. The molecular formula is C17H20N2O5. The van der Waals surface area contributed by atoms with Gasteiger partial charge in [-0.1, -0.05) is 0 Å². The maximum absolute atomic E-state index is 12.2. The van der Waals surface area contributed by atoms with E-state index in [1.54, 1.807) is 30.7 Å². The first kappa shape index (κ1) is 17.5. The van der Waals surface area contributed by atoms with Crippen molar-refractivity contribution in [2.45, 2.75) is 12.8 Å². The van der Waals surface area contributed by atoms with E-state index in [2.05, 4.69) is 9.97 Å². The molecule has 7 nitrogen and oxygen atoms in total. The lowest BCUT2D eigenvalue weighted by Crippen LogP contribution is -2.08. The van der Waals surface area contributed by atoms with Gasteiger partial charge in [0.05, 0.1) is 39.2 Å². The average molecular weight is 332 g/mol. The fourth-order valence-electron chi connectivity index (χ4n) is 2.16. The summed E-state index contributed by atoms with van der Waals surface area (Å²) in [7, 11) is 4.49. The standard InChI is InChI=1S/C17H20N2O5/c1-21-14-9-12(10-15(22-2)16(14)23-3)17(20)24-8-4-5-13-11-18-6-7-19-13/h6-7,9-11H,4-5,8H2,1-3H3. The first-order valence-electron chi connectivity index (χ1n) is 7.41. The average Bonchev–Trinajstić information content (AvgIpc) is 2.64. The molecule has 0 aliphatic rings. The monoisotopic (exact) mass is 332 g/mol. The van der Waals surface area contributed by atoms with Gasteiger partial charge in [-0.15, -0.1) is 0 Å². The van der Waals surface area contributed by atoms with Crippen molar-refractivity contribution in [2.24, 2.45) is 0 Å². The Morgan fingerprint density at radius 1 is 1.04 bits per heavy atom. The molecule has 1 aromatic heterocycles. The third-order valence-corrected chi connectivity index (χ3v) is 3.33. The van der Waals surface area contributed by atoms with Crippen LogP contribution >= 0.6 is 0 Å². The highest BCUT2D eigenvalue weighted by atomic mass is 16.5. The summed E-state index contributed by atoms with van der Waals surface area (Å²) in [5, 5.41) is 0. The molecule has 24 heavy (non-hydrogen) atoms. The number of hydrogen-bond donors (Lipinski definition) is 0. The summed E-state index contributed by atoms with van der Waals surface area (Å²) in [6.45, 7) is 0.284. The fraction of sp³-hybridized carbons (Fsp3) is 0.353. The lowest BCUT2D eigenvalue weighted by molar-refractivity contribution is 0.0499. The third kappa shape index (κ3) is 4.34. The molecule has 0 aliphatic heterocycles. The largest absolute Gasteiger partial charge is 0.493 e. The lowest BCUT2D eigenvalue weighted by Gasteiger charge is -2.13. The Balaban J connectivity index is 1.96. The van der Waals surface area contributed by atoms with Gasteiger partial charge in [-0.2, -0.15) is 0 Å². The molecule has 1 aromatic carbocycles. The highest BCUT2D eigenvalue weighted by molar-refractivity contribution is 5.91. The number of carbonyl (C=O) groups is 1. The van der Waals surface area contributed by atoms with E-state index >= 15 is 0 Å². The van der Waals surface area contributed by atoms with E-state index < -0.39 is 5.97 Å². The quantitative estimate of drug-likeness (QED) is 0.542. The predicted octanol–water partition coefficient (Wildman–Crippen LogP) is 2.29. The highest BCUT2D eigenvalue weighted by Crippen LogP contribution is 2.38. The second kappa shape index (κ2) is 8.71. The minimum Gasteiger partial charge on any atom is -0.493 e. The number of nitrogens with zero attached hydrogens (tertiary/aromatic N) is 2. The smallest absolute Gasteiger partial charge is 0.338 e. The Kier molecular flexibility index (Phi) is 6.36. The normalized spacial score (nSPS) is 10.1. The van der Waals surface area contributed by atoms with Crippen LogP contribution in [0.2, 0.25) is 0 Å². The van der Waals surface area contributed by atoms with E-state index in [-0.39, 0.29) is 6.61 Å². The Morgan fingerprint density at radius 3 is 2.29 bits per heavy atom. The number of carbonyl (C=O) groups excluding carboxylic acids is 1. The number of aryl methyl sites for hydroxylation is 1. The molecule has 1 heterocycles. The van der Waals surface area contributed by atoms with Gasteiger partial charge in [-0.05, 0) is 25.0 Å². The van der Waals surface area contributed by atoms with Gasteiger partial charge in [0, 0.05) is 18.6 Å². The van der Waals surface area contributed by atoms with Crippen LogP contribution in [-0.2, 0) is 11.2 Å². The van der Waals surface area contributed by atoms with Crippen molar-refractivity contribution < 1.29 is 23.7 Å². The summed E-state index contributed by atoms with van der Waals surface area (Å²) >= 11 is 0. The van der Waals surface area contributed by atoms with Gasteiger partial charge >= 0.3 is 5.97 Å². The molecule has 0 amide bonds. The van der Waals surface area contributed by atoms with E-state index in [1.807, 2.05) is 0 Å². The van der Waals surface area contributed by atoms with Crippen LogP contribution in [0.4, 0.5) is 0 Å². The maximum Gasteiger partial charge on any atom is 0.338 e. The molecule has 2 rings (SSSR count). The summed E-state index contributed by atoms with van der Waals surface area (Å²) in [5.74, 6) is 0.791. The molecule has 0 bridgehead atoms. The topological polar surface area (TPSA) is 79.8 Å². The molecule has 0 N–H and O–H groups in total. The Bertz CT molecular complexity index is 651. The highest BCUT2D eigenvalue weighted by Gasteiger charge is 2.17. The van der Waals surface area contributed by atoms with Crippen molar-refractivity contribution in [1.29, 1.82) is 0 Å². The van der Waals surface area contributed by atoms with Crippen molar-refractivity contribution in [3.05, 3.63) is 42.0 Å². The second-order valence-corrected chi connectivity index (χ2v) is 4.85. The molecule has 0 spiro atoms. The number of hydrogen-bond acceptors (Lipinski definition) is 7. The number of benzene rings is 1. The van der Waals surface area contributed by atoms with Gasteiger partial charge in [-0.25, -0.2) is 4.79 Å². The molecule has 0 atom stereocenters. The summed E-state index contributed by atoms with van der Waals surface area (Å²) < 4.78 is 21.0. The van der Waals surface area contributed by atoms with Gasteiger partial charge in [0.15, 0.2) is 11.5 Å². The molecule has 0 radical (unpaired) electrons. The van der Waals surface area contributed by atoms with E-state index in [1.165, 1.54) is 21.3 Å². The van der Waals surface area contributed by atoms with Crippen LogP contribution in [0.25, 0.3) is 0 Å². The van der Waals surface area contributed by atoms with Gasteiger partial charge in [0.1, 0.15) is 0 Å². The summed E-state index contributed by atoms with van der Waals surface area (Å²) in [4.78, 5) is 20.3. The zero-order chi connectivity index (χ0) is 17.4. The van der Waals surface area contributed by atoms with Crippen molar-refractivity contribution in [1.82, 2.24) is 9.97 Å². The Morgan fingerprint density at radius 2 is 1.75 bits per heavy atom. The van der Waals surface area contributed by atoms with Crippen LogP contribution in [0.15, 0.2) is 30.7 Å². The third-order valence-electron chi connectivity index (χ3n) is 3.33. The van der Waals surface area contributed by atoms with E-state index in [4.69, 9.17) is 18.9 Å². The number of rotatable bonds is 8. The van der Waals surface area contributed by atoms with Crippen molar-refractivity contribution in [2.75, 3.05) is 27.9 Å². The van der Waals surface area contributed by atoms with E-state index in [9.17, 15) is 4.79 Å². The number of ether oxygens (including phenoxy) is 4. The second-order valence-electron chi connectivity index (χ2n) is 4.85. The SMILES string of the molecule is COc1cc(C(=O)OCCCc2cnccn2)cc(OC)c1OC. The van der Waals surface area contributed by atoms with Gasteiger partial charge in [-0.3, -0.25) is 9.97 Å². The molecule has 0 aliphatic carbocycles. The predicted molar refractivity (Wildman–Crippen MR) is 86.7 cm³/mol. The zero-order valence-electron chi connectivity index (χ0n) is 13.9. The zero-order valence-corrected chi connectivity index (χ0v) is 13.9. The molecule has 2 aromatic rings. The summed E-state index contributed by atoms with van der Waals surface area (Å²) in [5.41, 5.74) is 1.20. The Labute approximate surface area is 140 Å². The van der Waals surface area contributed by atoms with Crippen molar-refractivity contribution in [3.63, 3.8) is 0 Å². The Hall–Kier alpha value is -2.83. The van der Waals surface area contributed by atoms with Crippen LogP contribution in [0.3, 0.4) is 0 Å². The van der Waals surface area contributed by atoms with Crippen LogP contribution in [0.5, 0.6) is 17.2 Å². The van der Waals surface area contributed by atoms with Gasteiger partial charge in [0.2, 0.25) is 5.75 Å². The number of esters is 1. The van der Waals surface area contributed by atoms with Crippen LogP contribution in [-0.4, -0.2) is 43.9 Å².